The van der Waals surface area contributed by atoms with Gasteiger partial charge in [-0.3, -0.25) is 0 Å². The summed E-state index contributed by atoms with van der Waals surface area (Å²) in [6.45, 7) is 1.83. The fourth-order valence-corrected chi connectivity index (χ4v) is 2.80. The van der Waals surface area contributed by atoms with Crippen LogP contribution in [0.25, 0.3) is 16.8 Å². The minimum atomic E-state index is -0.298. The van der Waals surface area contributed by atoms with Crippen LogP contribution in [0.2, 0.25) is 10.0 Å². The molecule has 0 fully saturated rings. The Kier molecular flexibility index (Phi) is 3.82. The molecule has 0 saturated carbocycles. The van der Waals surface area contributed by atoms with Gasteiger partial charge in [-0.1, -0.05) is 34.4 Å². The van der Waals surface area contributed by atoms with Crippen LogP contribution < -0.4 is 5.69 Å². The molecule has 0 radical (unpaired) electrons. The van der Waals surface area contributed by atoms with Crippen molar-refractivity contribution in [2.24, 2.45) is 0 Å². The molecule has 0 aliphatic rings. The third kappa shape index (κ3) is 2.92. The number of pyridine rings is 1. The Balaban J connectivity index is 1.76. The number of aromatic nitrogens is 5. The Labute approximate surface area is 151 Å². The lowest BCUT2D eigenvalue weighted by Crippen LogP contribution is -2.21. The third-order valence-corrected chi connectivity index (χ3v) is 4.42. The highest BCUT2D eigenvalue weighted by molar-refractivity contribution is 6.42. The Morgan fingerprint density at radius 3 is 2.64 bits per heavy atom. The van der Waals surface area contributed by atoms with Crippen LogP contribution in [0, 0.1) is 6.92 Å². The lowest BCUT2D eigenvalue weighted by molar-refractivity contribution is 0.361. The third-order valence-electron chi connectivity index (χ3n) is 3.68. The number of fused-ring (bicyclic) bond motifs is 1. The summed E-state index contributed by atoms with van der Waals surface area (Å²) in [5, 5.41) is 8.91. The van der Waals surface area contributed by atoms with E-state index in [-0.39, 0.29) is 12.2 Å². The molecular weight excluding hydrogens is 365 g/mol. The van der Waals surface area contributed by atoms with E-state index < -0.39 is 0 Å². The minimum Gasteiger partial charge on any atom is -0.337 e. The smallest absolute Gasteiger partial charge is 0.337 e. The Morgan fingerprint density at radius 2 is 1.92 bits per heavy atom. The number of hydrogen-bond donors (Lipinski definition) is 0. The van der Waals surface area contributed by atoms with Crippen molar-refractivity contribution in [3.8, 4) is 11.1 Å². The first-order valence-corrected chi connectivity index (χ1v) is 8.11. The van der Waals surface area contributed by atoms with Crippen molar-refractivity contribution in [3.63, 3.8) is 0 Å². The van der Waals surface area contributed by atoms with Crippen molar-refractivity contribution in [3.05, 3.63) is 68.8 Å². The molecular formula is C16H11Cl2N5O2. The number of rotatable bonds is 3. The molecule has 4 rings (SSSR count). The molecule has 0 atom stereocenters. The molecule has 3 aromatic heterocycles. The summed E-state index contributed by atoms with van der Waals surface area (Å²) in [7, 11) is 0. The normalized spacial score (nSPS) is 11.3. The summed E-state index contributed by atoms with van der Waals surface area (Å²) in [6.07, 6.45) is 1.71. The van der Waals surface area contributed by atoms with Crippen molar-refractivity contribution in [2.75, 3.05) is 0 Å². The van der Waals surface area contributed by atoms with Crippen LogP contribution in [-0.2, 0) is 6.54 Å². The van der Waals surface area contributed by atoms with Gasteiger partial charge in [-0.2, -0.15) is 4.98 Å². The molecule has 1 aromatic carbocycles. The average molecular weight is 376 g/mol. The maximum absolute atomic E-state index is 12.6. The van der Waals surface area contributed by atoms with Crippen molar-refractivity contribution in [1.29, 1.82) is 0 Å². The molecule has 0 spiro atoms. The molecule has 0 N–H and O–H groups in total. The zero-order valence-electron chi connectivity index (χ0n) is 13.0. The second-order valence-corrected chi connectivity index (χ2v) is 6.26. The van der Waals surface area contributed by atoms with E-state index in [9.17, 15) is 4.79 Å². The molecule has 0 amide bonds. The van der Waals surface area contributed by atoms with E-state index in [1.54, 1.807) is 31.3 Å². The minimum absolute atomic E-state index is 0.115. The van der Waals surface area contributed by atoms with Gasteiger partial charge in [-0.25, -0.2) is 13.9 Å². The number of nitrogens with zero attached hydrogens (tertiary/aromatic N) is 5. The number of halogens is 2. The van der Waals surface area contributed by atoms with Gasteiger partial charge in [-0.15, -0.1) is 5.10 Å². The van der Waals surface area contributed by atoms with Gasteiger partial charge in [0.25, 0.3) is 0 Å². The van der Waals surface area contributed by atoms with E-state index in [0.717, 1.165) is 11.1 Å². The van der Waals surface area contributed by atoms with Crippen molar-refractivity contribution < 1.29 is 4.52 Å². The van der Waals surface area contributed by atoms with Gasteiger partial charge in [0.05, 0.1) is 10.0 Å². The molecule has 3 heterocycles. The average Bonchev–Trinajstić information content (AvgIpc) is 3.14. The second kappa shape index (κ2) is 6.02. The van der Waals surface area contributed by atoms with Crippen LogP contribution in [-0.4, -0.2) is 24.3 Å². The number of aryl methyl sites for hydroxylation is 1. The molecule has 7 nitrogen and oxygen atoms in total. The Bertz CT molecular complexity index is 1150. The van der Waals surface area contributed by atoms with Crippen molar-refractivity contribution in [2.45, 2.75) is 13.5 Å². The standard InChI is InChI=1S/C16H11Cl2N5O2/c1-9-19-15(25-21-9)8-23-16(24)22-7-11(3-5-14(22)20-23)10-2-4-12(17)13(18)6-10/h2-7H,8H2,1H3. The predicted octanol–water partition coefficient (Wildman–Crippen LogP) is 3.21. The first-order chi connectivity index (χ1) is 12.0. The van der Waals surface area contributed by atoms with Crippen LogP contribution >= 0.6 is 23.2 Å². The van der Waals surface area contributed by atoms with Crippen molar-refractivity contribution >= 4 is 28.8 Å². The van der Waals surface area contributed by atoms with Crippen molar-refractivity contribution in [1.82, 2.24) is 24.3 Å². The summed E-state index contributed by atoms with van der Waals surface area (Å²) in [5.74, 6) is 0.835. The first kappa shape index (κ1) is 15.9. The molecule has 0 aliphatic heterocycles. The maximum Gasteiger partial charge on any atom is 0.350 e. The molecule has 0 aliphatic carbocycles. The fraction of sp³-hybridized carbons (Fsp3) is 0.125. The fourth-order valence-electron chi connectivity index (χ4n) is 2.50. The van der Waals surface area contributed by atoms with Gasteiger partial charge in [0.2, 0.25) is 5.89 Å². The summed E-state index contributed by atoms with van der Waals surface area (Å²) in [5.41, 5.74) is 1.89. The van der Waals surface area contributed by atoms with Gasteiger partial charge < -0.3 is 4.52 Å². The van der Waals surface area contributed by atoms with Gasteiger partial charge in [0, 0.05) is 6.20 Å². The molecule has 4 aromatic rings. The van der Waals surface area contributed by atoms with Crippen LogP contribution in [0.15, 0.2) is 45.8 Å². The van der Waals surface area contributed by atoms with E-state index in [2.05, 4.69) is 15.2 Å². The van der Waals surface area contributed by atoms with E-state index in [1.165, 1.54) is 9.08 Å². The van der Waals surface area contributed by atoms with Crippen LogP contribution in [0.5, 0.6) is 0 Å². The van der Waals surface area contributed by atoms with Gasteiger partial charge in [0.1, 0.15) is 6.54 Å². The molecule has 0 saturated heterocycles. The molecule has 126 valence electrons. The Hall–Kier alpha value is -2.64. The van der Waals surface area contributed by atoms with E-state index in [1.807, 2.05) is 12.1 Å². The lowest BCUT2D eigenvalue weighted by Gasteiger charge is -2.03. The summed E-state index contributed by atoms with van der Waals surface area (Å²) < 4.78 is 7.78. The van der Waals surface area contributed by atoms with Gasteiger partial charge >= 0.3 is 5.69 Å². The highest BCUT2D eigenvalue weighted by Gasteiger charge is 2.12. The van der Waals surface area contributed by atoms with Gasteiger partial charge in [-0.05, 0) is 42.3 Å². The summed E-state index contributed by atoms with van der Waals surface area (Å²) >= 11 is 12.0. The highest BCUT2D eigenvalue weighted by atomic mass is 35.5. The zero-order chi connectivity index (χ0) is 17.6. The summed E-state index contributed by atoms with van der Waals surface area (Å²) in [6, 6.07) is 8.93. The van der Waals surface area contributed by atoms with Crippen LogP contribution in [0.3, 0.4) is 0 Å². The topological polar surface area (TPSA) is 78.2 Å². The highest BCUT2D eigenvalue weighted by Crippen LogP contribution is 2.28. The van der Waals surface area contributed by atoms with E-state index >= 15 is 0 Å². The van der Waals surface area contributed by atoms with Crippen LogP contribution in [0.4, 0.5) is 0 Å². The number of hydrogen-bond acceptors (Lipinski definition) is 5. The molecule has 9 heteroatoms. The molecule has 25 heavy (non-hydrogen) atoms. The lowest BCUT2D eigenvalue weighted by atomic mass is 10.1. The molecule has 0 bridgehead atoms. The largest absolute Gasteiger partial charge is 0.350 e. The SMILES string of the molecule is Cc1noc(Cn2nc3ccc(-c4ccc(Cl)c(Cl)c4)cn3c2=O)n1. The summed E-state index contributed by atoms with van der Waals surface area (Å²) in [4.78, 5) is 16.7. The van der Waals surface area contributed by atoms with E-state index in [0.29, 0.717) is 27.4 Å². The maximum atomic E-state index is 12.6. The zero-order valence-corrected chi connectivity index (χ0v) is 14.5. The number of benzene rings is 1. The molecule has 0 unspecified atom stereocenters. The van der Waals surface area contributed by atoms with E-state index in [4.69, 9.17) is 27.7 Å². The van der Waals surface area contributed by atoms with Gasteiger partial charge in [0.15, 0.2) is 11.5 Å². The predicted molar refractivity (Wildman–Crippen MR) is 93.0 cm³/mol. The first-order valence-electron chi connectivity index (χ1n) is 7.35. The quantitative estimate of drug-likeness (QED) is 0.549. The Morgan fingerprint density at radius 1 is 1.12 bits per heavy atom. The monoisotopic (exact) mass is 375 g/mol. The second-order valence-electron chi connectivity index (χ2n) is 5.45. The van der Waals surface area contributed by atoms with Crippen LogP contribution in [0.1, 0.15) is 11.7 Å².